The molecule has 8 rings (SSSR count). The molecule has 75 heavy (non-hydrogen) atoms. The van der Waals surface area contributed by atoms with E-state index in [1.165, 1.54) is 0 Å². The number of oxime groups is 2. The summed E-state index contributed by atoms with van der Waals surface area (Å²) in [6, 6.07) is 53.8. The molecule has 0 radical (unpaired) electrons. The lowest BCUT2D eigenvalue weighted by Gasteiger charge is -2.07. The molecule has 8 aromatic rings. The Morgan fingerprint density at radius 1 is 0.453 bits per heavy atom. The second-order valence-electron chi connectivity index (χ2n) is 18.1. The number of rotatable bonds is 23. The molecule has 0 saturated carbocycles. The zero-order chi connectivity index (χ0) is 52.9. The summed E-state index contributed by atoms with van der Waals surface area (Å²) in [7, 11) is 0. The molecule has 0 aliphatic rings. The number of aromatic nitrogens is 1. The second kappa shape index (κ2) is 27.9. The largest absolute Gasteiger partial charge is 0.365 e. The number of aryl methyl sites for hydroxylation is 2. The number of carbonyl (C=O) groups excluding carboxylic acids is 5. The number of fused-ring (bicyclic) bond motifs is 3. The molecule has 7 aromatic carbocycles. The zero-order valence-electron chi connectivity index (χ0n) is 43.1. The van der Waals surface area contributed by atoms with Gasteiger partial charge in [0.05, 0.1) is 11.1 Å². The summed E-state index contributed by atoms with van der Waals surface area (Å²) in [5, 5.41) is 9.85. The first-order chi connectivity index (χ1) is 36.6. The summed E-state index contributed by atoms with van der Waals surface area (Å²) in [6.45, 7) is 9.01. The lowest BCUT2D eigenvalue weighted by Crippen LogP contribution is -2.16. The fourth-order valence-electron chi connectivity index (χ4n) is 8.63. The predicted octanol–water partition coefficient (Wildman–Crippen LogP) is 15.9. The maximum Gasteiger partial charge on any atom is 0.365 e. The van der Waals surface area contributed by atoms with E-state index in [9.17, 15) is 24.0 Å². The summed E-state index contributed by atoms with van der Waals surface area (Å²) in [4.78, 5) is 77.8. The highest BCUT2D eigenvalue weighted by Crippen LogP contribution is 2.32. The predicted molar refractivity (Wildman–Crippen MR) is 302 cm³/mol. The van der Waals surface area contributed by atoms with E-state index in [4.69, 9.17) is 9.68 Å². The third-order valence-corrected chi connectivity index (χ3v) is 13.8. The molecule has 0 bridgehead atoms. The molecule has 11 heteroatoms. The van der Waals surface area contributed by atoms with Crippen molar-refractivity contribution in [3.63, 3.8) is 0 Å². The third kappa shape index (κ3) is 14.8. The van der Waals surface area contributed by atoms with Crippen LogP contribution in [0, 0.1) is 6.92 Å². The molecule has 0 atom stereocenters. The molecule has 0 aliphatic heterocycles. The minimum atomic E-state index is -0.605. The lowest BCUT2D eigenvalue weighted by atomic mass is 9.97. The van der Waals surface area contributed by atoms with Crippen molar-refractivity contribution in [3.05, 3.63) is 215 Å². The van der Waals surface area contributed by atoms with Gasteiger partial charge >= 0.3 is 11.9 Å². The Kier molecular flexibility index (Phi) is 20.3. The Hall–Kier alpha value is -8.02. The summed E-state index contributed by atoms with van der Waals surface area (Å²) in [5.41, 5.74) is 6.42. The van der Waals surface area contributed by atoms with Gasteiger partial charge in [0.25, 0.3) is 0 Å². The SMILES string of the molecule is CCCCCC/C(=N\OC(=O)c1ccccc1)C(=O)c1ccc(Sc2ccccc2)cc1.CCCCCC/C(=N\OC(=O)c1ccccc1)C(=O)c1ccc2c(c1)c1cc(C(=O)c3ccccc3C)ccc1n2CC. The first kappa shape index (κ1) is 54.7. The van der Waals surface area contributed by atoms with Crippen molar-refractivity contribution in [3.8, 4) is 0 Å². The molecule has 0 spiro atoms. The quantitative estimate of drug-likeness (QED) is 0.0203. The second-order valence-corrected chi connectivity index (χ2v) is 19.3. The van der Waals surface area contributed by atoms with E-state index >= 15 is 0 Å². The smallest absolute Gasteiger partial charge is 0.341 e. The van der Waals surface area contributed by atoms with Gasteiger partial charge in [-0.15, -0.1) is 0 Å². The van der Waals surface area contributed by atoms with Crippen LogP contribution in [0.4, 0.5) is 0 Å². The van der Waals surface area contributed by atoms with E-state index in [2.05, 4.69) is 35.6 Å². The van der Waals surface area contributed by atoms with Crippen molar-refractivity contribution in [1.29, 1.82) is 0 Å². The number of benzene rings is 7. The standard InChI is InChI=1S/C37H36N2O4.C27H27NO3S/c1-4-6-7-11-18-32(38-43-37(42)26-15-9-8-10-16-26)36(41)28-20-22-34-31(24-28)30-23-27(19-21-33(30)39(34)5-2)35(40)29-17-13-12-14-25(29)3;1-2-3-4-11-16-25(28-31-27(30)22-12-7-5-8-13-22)26(29)21-17-19-24(20-18-21)32-23-14-9-6-10-15-23/h8-10,12-17,19-24H,4-7,11,18H2,1-3H3;5-10,12-15,17-20H,2-4,11,16H2,1H3/b38-32+;28-25+. The Balaban J connectivity index is 0.000000229. The van der Waals surface area contributed by atoms with Gasteiger partial charge in [-0.05, 0) is 142 Å². The highest BCUT2D eigenvalue weighted by molar-refractivity contribution is 7.99. The van der Waals surface area contributed by atoms with E-state index in [0.717, 1.165) is 95.1 Å². The molecule has 0 amide bonds. The van der Waals surface area contributed by atoms with Crippen LogP contribution >= 0.6 is 11.8 Å². The van der Waals surface area contributed by atoms with Crippen molar-refractivity contribution >= 4 is 74.3 Å². The maximum atomic E-state index is 13.8. The Labute approximate surface area is 443 Å². The van der Waals surface area contributed by atoms with Crippen LogP contribution in [0.2, 0.25) is 0 Å². The molecule has 0 unspecified atom stereocenters. The van der Waals surface area contributed by atoms with Crippen LogP contribution in [-0.2, 0) is 16.2 Å². The first-order valence-corrected chi connectivity index (χ1v) is 26.7. The molecule has 0 aliphatic carbocycles. The van der Waals surface area contributed by atoms with E-state index in [0.29, 0.717) is 46.2 Å². The average molecular weight is 1020 g/mol. The number of unbranched alkanes of at least 4 members (excludes halogenated alkanes) is 6. The highest BCUT2D eigenvalue weighted by Gasteiger charge is 2.21. The first-order valence-electron chi connectivity index (χ1n) is 25.8. The average Bonchev–Trinajstić information content (AvgIpc) is 3.77. The highest BCUT2D eigenvalue weighted by atomic mass is 32.2. The Bertz CT molecular complexity index is 3290. The summed E-state index contributed by atoms with van der Waals surface area (Å²) in [5.74, 6) is -1.69. The van der Waals surface area contributed by atoms with Gasteiger partial charge in [-0.1, -0.05) is 153 Å². The third-order valence-electron chi connectivity index (χ3n) is 12.7. The van der Waals surface area contributed by atoms with Gasteiger partial charge in [0.15, 0.2) is 5.78 Å². The number of hydrogen-bond acceptors (Lipinski definition) is 10. The van der Waals surface area contributed by atoms with Crippen LogP contribution in [0.5, 0.6) is 0 Å². The van der Waals surface area contributed by atoms with E-state index < -0.39 is 11.9 Å². The Morgan fingerprint density at radius 3 is 1.40 bits per heavy atom. The van der Waals surface area contributed by atoms with Gasteiger partial charge in [0.1, 0.15) is 11.4 Å². The summed E-state index contributed by atoms with van der Waals surface area (Å²) >= 11 is 1.64. The normalized spacial score (nSPS) is 11.5. The van der Waals surface area contributed by atoms with Gasteiger partial charge in [-0.3, -0.25) is 14.4 Å². The van der Waals surface area contributed by atoms with Crippen LogP contribution in [0.1, 0.15) is 148 Å². The summed E-state index contributed by atoms with van der Waals surface area (Å²) in [6.07, 6.45) is 8.74. The monoisotopic (exact) mass is 1020 g/mol. The van der Waals surface area contributed by atoms with Gasteiger partial charge in [-0.2, -0.15) is 0 Å². The molecule has 0 N–H and O–H groups in total. The van der Waals surface area contributed by atoms with Crippen molar-refractivity contribution in [2.24, 2.45) is 10.3 Å². The van der Waals surface area contributed by atoms with Gasteiger partial charge in [-0.25, -0.2) is 9.59 Å². The molecular weight excluding hydrogens is 955 g/mol. The van der Waals surface area contributed by atoms with Gasteiger partial charge in [0.2, 0.25) is 11.6 Å². The van der Waals surface area contributed by atoms with E-state index in [1.54, 1.807) is 78.5 Å². The molecule has 1 heterocycles. The number of ketones is 3. The number of Topliss-reactive ketones (excluding diaryl/α,β-unsaturated/α-hetero) is 2. The molecule has 382 valence electrons. The van der Waals surface area contributed by atoms with Crippen LogP contribution in [0.25, 0.3) is 21.8 Å². The maximum absolute atomic E-state index is 13.8. The minimum Gasteiger partial charge on any atom is -0.341 e. The zero-order valence-corrected chi connectivity index (χ0v) is 43.9. The van der Waals surface area contributed by atoms with Crippen LogP contribution in [0.3, 0.4) is 0 Å². The fraction of sp³-hybridized carbons (Fsp3) is 0.234. The van der Waals surface area contributed by atoms with Crippen LogP contribution in [-0.4, -0.2) is 45.3 Å². The van der Waals surface area contributed by atoms with Crippen molar-refractivity contribution in [1.82, 2.24) is 4.57 Å². The van der Waals surface area contributed by atoms with Crippen molar-refractivity contribution in [2.45, 2.75) is 108 Å². The minimum absolute atomic E-state index is 0.0358. The van der Waals surface area contributed by atoms with E-state index in [-0.39, 0.29) is 28.8 Å². The fourth-order valence-corrected chi connectivity index (χ4v) is 9.47. The molecular formula is C64H63N3O7S. The van der Waals surface area contributed by atoms with Crippen molar-refractivity contribution < 1.29 is 33.6 Å². The van der Waals surface area contributed by atoms with Gasteiger partial charge < -0.3 is 14.2 Å². The molecule has 0 fully saturated rings. The molecule has 1 aromatic heterocycles. The van der Waals surface area contributed by atoms with Crippen molar-refractivity contribution in [2.75, 3.05) is 0 Å². The molecule has 10 nitrogen and oxygen atoms in total. The van der Waals surface area contributed by atoms with Crippen LogP contribution < -0.4 is 0 Å². The number of nitrogens with zero attached hydrogens (tertiary/aromatic N) is 3. The Morgan fingerprint density at radius 2 is 0.893 bits per heavy atom. The lowest BCUT2D eigenvalue weighted by molar-refractivity contribution is 0.0505. The summed E-state index contributed by atoms with van der Waals surface area (Å²) < 4.78 is 2.18. The van der Waals surface area contributed by atoms with E-state index in [1.807, 2.05) is 116 Å². The van der Waals surface area contributed by atoms with Crippen LogP contribution in [0.15, 0.2) is 196 Å². The number of hydrogen-bond donors (Lipinski definition) is 0. The topological polar surface area (TPSA) is 133 Å². The number of carbonyl (C=O) groups is 5. The molecule has 0 saturated heterocycles. The van der Waals surface area contributed by atoms with Gasteiger partial charge in [0, 0.05) is 60.4 Å².